The molecule has 0 spiro atoms. The van der Waals surface area contributed by atoms with Gasteiger partial charge in [0.25, 0.3) is 0 Å². The summed E-state index contributed by atoms with van der Waals surface area (Å²) in [4.78, 5) is 10.7. The minimum Gasteiger partial charge on any atom is -0.481 e. The van der Waals surface area contributed by atoms with Crippen molar-refractivity contribution < 1.29 is 9.90 Å². The maximum absolute atomic E-state index is 10.7. The van der Waals surface area contributed by atoms with Crippen molar-refractivity contribution >= 4 is 11.7 Å². The molecule has 0 amide bonds. The van der Waals surface area contributed by atoms with Gasteiger partial charge in [0.1, 0.15) is 0 Å². The summed E-state index contributed by atoms with van der Waals surface area (Å²) in [5.74, 6) is -0.801. The Bertz CT molecular complexity index is 366. The third-order valence-electron chi connectivity index (χ3n) is 2.17. The monoisotopic (exact) mass is 221 g/mol. The van der Waals surface area contributed by atoms with E-state index in [2.05, 4.69) is 26.1 Å². The Morgan fingerprint density at radius 2 is 1.94 bits per heavy atom. The Balaban J connectivity index is 2.75. The molecule has 1 rings (SSSR count). The fraction of sp³-hybridized carbons (Fsp3) is 0.462. The SMILES string of the molecule is CC(C)(C)CNc1ccccc1CC(=O)O. The standard InChI is InChI=1S/C13H19NO2/c1-13(2,3)9-14-11-7-5-4-6-10(11)8-12(15)16/h4-7,14H,8-9H2,1-3H3,(H,15,16). The van der Waals surface area contributed by atoms with E-state index in [0.717, 1.165) is 17.8 Å². The fourth-order valence-electron chi connectivity index (χ4n) is 1.37. The zero-order valence-corrected chi connectivity index (χ0v) is 10.1. The summed E-state index contributed by atoms with van der Waals surface area (Å²) in [6.45, 7) is 7.24. The van der Waals surface area contributed by atoms with Gasteiger partial charge < -0.3 is 10.4 Å². The van der Waals surface area contributed by atoms with E-state index < -0.39 is 5.97 Å². The number of nitrogens with one attached hydrogen (secondary N) is 1. The largest absolute Gasteiger partial charge is 0.481 e. The van der Waals surface area contributed by atoms with Crippen LogP contribution in [0.3, 0.4) is 0 Å². The summed E-state index contributed by atoms with van der Waals surface area (Å²) in [5.41, 5.74) is 1.93. The maximum atomic E-state index is 10.7. The molecule has 0 aliphatic carbocycles. The second kappa shape index (κ2) is 5.01. The molecule has 0 bridgehead atoms. The normalized spacial score (nSPS) is 11.2. The Hall–Kier alpha value is -1.51. The number of benzene rings is 1. The Labute approximate surface area is 96.5 Å². The number of carboxylic acids is 1. The van der Waals surface area contributed by atoms with E-state index in [1.54, 1.807) is 0 Å². The molecule has 0 saturated heterocycles. The van der Waals surface area contributed by atoms with Crippen molar-refractivity contribution in [1.82, 2.24) is 0 Å². The summed E-state index contributed by atoms with van der Waals surface area (Å²) in [5, 5.41) is 12.1. The minimum absolute atomic E-state index is 0.0628. The van der Waals surface area contributed by atoms with Crippen LogP contribution in [0.15, 0.2) is 24.3 Å². The molecule has 0 radical (unpaired) electrons. The van der Waals surface area contributed by atoms with Gasteiger partial charge in [-0.25, -0.2) is 0 Å². The van der Waals surface area contributed by atoms with Gasteiger partial charge in [0, 0.05) is 12.2 Å². The molecule has 0 saturated carbocycles. The number of carbonyl (C=O) groups is 1. The van der Waals surface area contributed by atoms with Crippen LogP contribution >= 0.6 is 0 Å². The van der Waals surface area contributed by atoms with Crippen LogP contribution in [0.1, 0.15) is 26.3 Å². The molecule has 0 aliphatic heterocycles. The van der Waals surface area contributed by atoms with Crippen LogP contribution in [0.25, 0.3) is 0 Å². The van der Waals surface area contributed by atoms with Gasteiger partial charge in [-0.05, 0) is 17.0 Å². The third-order valence-corrected chi connectivity index (χ3v) is 2.17. The molecule has 1 aromatic rings. The van der Waals surface area contributed by atoms with Crippen LogP contribution in [0.5, 0.6) is 0 Å². The zero-order chi connectivity index (χ0) is 12.2. The third kappa shape index (κ3) is 4.34. The van der Waals surface area contributed by atoms with Crippen LogP contribution < -0.4 is 5.32 Å². The van der Waals surface area contributed by atoms with E-state index in [1.165, 1.54) is 0 Å². The lowest BCUT2D eigenvalue weighted by atomic mass is 9.96. The Morgan fingerprint density at radius 3 is 2.50 bits per heavy atom. The van der Waals surface area contributed by atoms with E-state index >= 15 is 0 Å². The number of aliphatic carboxylic acids is 1. The molecule has 3 nitrogen and oxygen atoms in total. The van der Waals surface area contributed by atoms with Crippen molar-refractivity contribution in [3.63, 3.8) is 0 Å². The van der Waals surface area contributed by atoms with Gasteiger partial charge in [0.15, 0.2) is 0 Å². The van der Waals surface area contributed by atoms with E-state index in [9.17, 15) is 4.79 Å². The lowest BCUT2D eigenvalue weighted by Crippen LogP contribution is -2.20. The number of rotatable bonds is 4. The summed E-state index contributed by atoms with van der Waals surface area (Å²) < 4.78 is 0. The van der Waals surface area contributed by atoms with Crippen LogP contribution in [-0.4, -0.2) is 17.6 Å². The van der Waals surface area contributed by atoms with Gasteiger partial charge in [-0.1, -0.05) is 39.0 Å². The van der Waals surface area contributed by atoms with Crippen molar-refractivity contribution in [3.8, 4) is 0 Å². The Kier molecular flexibility index (Phi) is 3.93. The number of para-hydroxylation sites is 1. The molecular weight excluding hydrogens is 202 g/mol. The van der Waals surface area contributed by atoms with Crippen molar-refractivity contribution in [2.45, 2.75) is 27.2 Å². The highest BCUT2D eigenvalue weighted by molar-refractivity contribution is 5.73. The summed E-state index contributed by atoms with van der Waals surface area (Å²) in [6.07, 6.45) is 0.0628. The minimum atomic E-state index is -0.801. The lowest BCUT2D eigenvalue weighted by molar-refractivity contribution is -0.136. The zero-order valence-electron chi connectivity index (χ0n) is 10.1. The average Bonchev–Trinajstić information content (AvgIpc) is 2.14. The molecule has 0 fully saturated rings. The van der Waals surface area contributed by atoms with Crippen LogP contribution in [0, 0.1) is 5.41 Å². The molecule has 0 atom stereocenters. The molecule has 0 aromatic heterocycles. The van der Waals surface area contributed by atoms with Crippen molar-refractivity contribution in [2.24, 2.45) is 5.41 Å². The topological polar surface area (TPSA) is 49.3 Å². The second-order valence-electron chi connectivity index (χ2n) is 5.14. The summed E-state index contributed by atoms with van der Waals surface area (Å²) in [6, 6.07) is 7.54. The molecule has 88 valence electrons. The molecule has 0 aliphatic rings. The van der Waals surface area contributed by atoms with Crippen LogP contribution in [0.2, 0.25) is 0 Å². The smallest absolute Gasteiger partial charge is 0.307 e. The van der Waals surface area contributed by atoms with Gasteiger partial charge in [0.2, 0.25) is 0 Å². The van der Waals surface area contributed by atoms with E-state index in [0.29, 0.717) is 0 Å². The number of anilines is 1. The average molecular weight is 221 g/mol. The molecule has 0 heterocycles. The summed E-state index contributed by atoms with van der Waals surface area (Å²) in [7, 11) is 0. The first-order valence-corrected chi connectivity index (χ1v) is 5.42. The first-order valence-electron chi connectivity index (χ1n) is 5.42. The molecule has 0 unspecified atom stereocenters. The molecule has 2 N–H and O–H groups in total. The molecule has 3 heteroatoms. The van der Waals surface area contributed by atoms with E-state index in [-0.39, 0.29) is 11.8 Å². The van der Waals surface area contributed by atoms with Gasteiger partial charge in [-0.2, -0.15) is 0 Å². The second-order valence-corrected chi connectivity index (χ2v) is 5.14. The Morgan fingerprint density at radius 1 is 1.31 bits per heavy atom. The molecule has 1 aromatic carbocycles. The molecule has 16 heavy (non-hydrogen) atoms. The fourth-order valence-corrected chi connectivity index (χ4v) is 1.37. The van der Waals surface area contributed by atoms with Crippen LogP contribution in [0.4, 0.5) is 5.69 Å². The van der Waals surface area contributed by atoms with Gasteiger partial charge in [-0.3, -0.25) is 4.79 Å². The first-order chi connectivity index (χ1) is 7.38. The number of hydrogen-bond donors (Lipinski definition) is 2. The lowest BCUT2D eigenvalue weighted by Gasteiger charge is -2.20. The highest BCUT2D eigenvalue weighted by Gasteiger charge is 2.11. The number of hydrogen-bond acceptors (Lipinski definition) is 2. The highest BCUT2D eigenvalue weighted by Crippen LogP contribution is 2.19. The van der Waals surface area contributed by atoms with E-state index in [4.69, 9.17) is 5.11 Å². The first kappa shape index (κ1) is 12.6. The molecular formula is C13H19NO2. The van der Waals surface area contributed by atoms with Gasteiger partial charge >= 0.3 is 5.97 Å². The van der Waals surface area contributed by atoms with Crippen molar-refractivity contribution in [1.29, 1.82) is 0 Å². The van der Waals surface area contributed by atoms with Crippen molar-refractivity contribution in [2.75, 3.05) is 11.9 Å². The van der Waals surface area contributed by atoms with E-state index in [1.807, 2.05) is 24.3 Å². The quantitative estimate of drug-likeness (QED) is 0.822. The predicted molar refractivity (Wildman–Crippen MR) is 65.7 cm³/mol. The van der Waals surface area contributed by atoms with Gasteiger partial charge in [-0.15, -0.1) is 0 Å². The maximum Gasteiger partial charge on any atom is 0.307 e. The van der Waals surface area contributed by atoms with Crippen molar-refractivity contribution in [3.05, 3.63) is 29.8 Å². The number of carboxylic acid groups (broad SMARTS) is 1. The van der Waals surface area contributed by atoms with Gasteiger partial charge in [0.05, 0.1) is 6.42 Å². The van der Waals surface area contributed by atoms with Crippen LogP contribution in [-0.2, 0) is 11.2 Å². The summed E-state index contributed by atoms with van der Waals surface area (Å²) >= 11 is 0. The predicted octanol–water partition coefficient (Wildman–Crippen LogP) is 2.77. The highest BCUT2D eigenvalue weighted by atomic mass is 16.4.